The number of hydrogen-bond acceptors (Lipinski definition) is 6. The molecular weight excluding hydrogens is 382 g/mol. The maximum absolute atomic E-state index is 12.4. The molecule has 0 bridgehead atoms. The lowest BCUT2D eigenvalue weighted by atomic mass is 10.1. The molecule has 1 atom stereocenters. The summed E-state index contributed by atoms with van der Waals surface area (Å²) in [5.41, 5.74) is 1.73. The minimum atomic E-state index is -0.344. The highest BCUT2D eigenvalue weighted by molar-refractivity contribution is 7.14. The Hall–Kier alpha value is -2.71. The predicted molar refractivity (Wildman–Crippen MR) is 108 cm³/mol. The number of carbonyl (C=O) groups excluding carboxylic acids is 2. The molecular formula is C19H19N3O3S2. The maximum atomic E-state index is 12.4. The van der Waals surface area contributed by atoms with E-state index in [1.54, 1.807) is 7.11 Å². The van der Waals surface area contributed by atoms with Crippen molar-refractivity contribution in [2.24, 2.45) is 0 Å². The van der Waals surface area contributed by atoms with Gasteiger partial charge in [0.2, 0.25) is 11.8 Å². The molecule has 1 aromatic carbocycles. The number of aromatic nitrogens is 1. The quantitative estimate of drug-likeness (QED) is 0.625. The number of carbonyl (C=O) groups is 2. The number of thiophene rings is 1. The highest BCUT2D eigenvalue weighted by atomic mass is 32.1. The minimum Gasteiger partial charge on any atom is -0.497 e. The Balaban J connectivity index is 1.65. The number of nitrogens with zero attached hydrogens (tertiary/aromatic N) is 1. The summed E-state index contributed by atoms with van der Waals surface area (Å²) in [6.07, 6.45) is 0.150. The first-order valence-electron chi connectivity index (χ1n) is 8.25. The monoisotopic (exact) mass is 401 g/mol. The Kier molecular flexibility index (Phi) is 6.20. The average molecular weight is 402 g/mol. The number of thiazole rings is 1. The number of hydrogen-bond donors (Lipinski definition) is 2. The summed E-state index contributed by atoms with van der Waals surface area (Å²) in [7, 11) is 1.62. The second-order valence-corrected chi connectivity index (χ2v) is 7.62. The van der Waals surface area contributed by atoms with E-state index in [0.717, 1.165) is 21.9 Å². The van der Waals surface area contributed by atoms with Gasteiger partial charge in [-0.15, -0.1) is 22.7 Å². The summed E-state index contributed by atoms with van der Waals surface area (Å²) in [5, 5.41) is 9.98. The summed E-state index contributed by atoms with van der Waals surface area (Å²) in [5.74, 6) is 0.412. The molecule has 0 unspecified atom stereocenters. The van der Waals surface area contributed by atoms with E-state index in [-0.39, 0.29) is 24.3 Å². The van der Waals surface area contributed by atoms with Crippen LogP contribution in [0.2, 0.25) is 0 Å². The molecule has 0 radical (unpaired) electrons. The topological polar surface area (TPSA) is 80.3 Å². The van der Waals surface area contributed by atoms with Crippen molar-refractivity contribution in [2.45, 2.75) is 19.4 Å². The normalized spacial score (nSPS) is 11.6. The zero-order valence-corrected chi connectivity index (χ0v) is 16.5. The lowest BCUT2D eigenvalue weighted by Crippen LogP contribution is -2.29. The van der Waals surface area contributed by atoms with Crippen molar-refractivity contribution in [3.8, 4) is 17.0 Å². The summed E-state index contributed by atoms with van der Waals surface area (Å²) in [6.45, 7) is 1.44. The molecule has 2 heterocycles. The Labute approximate surface area is 165 Å². The van der Waals surface area contributed by atoms with E-state index >= 15 is 0 Å². The zero-order chi connectivity index (χ0) is 19.2. The smallest absolute Gasteiger partial charge is 0.228 e. The van der Waals surface area contributed by atoms with Crippen molar-refractivity contribution < 1.29 is 14.3 Å². The average Bonchev–Trinajstić information content (AvgIpc) is 3.33. The van der Waals surface area contributed by atoms with Crippen LogP contribution in [0.3, 0.4) is 0 Å². The van der Waals surface area contributed by atoms with E-state index in [0.29, 0.717) is 5.13 Å². The lowest BCUT2D eigenvalue weighted by Gasteiger charge is -2.15. The maximum Gasteiger partial charge on any atom is 0.228 e. The van der Waals surface area contributed by atoms with Gasteiger partial charge in [0.05, 0.1) is 25.3 Å². The van der Waals surface area contributed by atoms with Crippen LogP contribution in [0.4, 0.5) is 5.13 Å². The summed E-state index contributed by atoms with van der Waals surface area (Å²) in [4.78, 5) is 29.3. The molecule has 2 aromatic heterocycles. The van der Waals surface area contributed by atoms with Crippen molar-refractivity contribution in [3.05, 3.63) is 52.0 Å². The van der Waals surface area contributed by atoms with Crippen LogP contribution < -0.4 is 15.4 Å². The predicted octanol–water partition coefficient (Wildman–Crippen LogP) is 4.09. The highest BCUT2D eigenvalue weighted by Crippen LogP contribution is 2.27. The van der Waals surface area contributed by atoms with Gasteiger partial charge in [0, 0.05) is 22.7 Å². The molecule has 0 saturated carbocycles. The van der Waals surface area contributed by atoms with Crippen molar-refractivity contribution in [2.75, 3.05) is 12.4 Å². The van der Waals surface area contributed by atoms with E-state index in [1.807, 2.05) is 47.2 Å². The van der Waals surface area contributed by atoms with E-state index < -0.39 is 0 Å². The van der Waals surface area contributed by atoms with Crippen LogP contribution >= 0.6 is 22.7 Å². The SMILES string of the molecule is COc1ccc(-c2csc(NC(=O)C[C@H](NC(C)=O)c3cccs3)n2)cc1. The second kappa shape index (κ2) is 8.79. The van der Waals surface area contributed by atoms with Gasteiger partial charge in [0.15, 0.2) is 5.13 Å². The van der Waals surface area contributed by atoms with Gasteiger partial charge in [-0.25, -0.2) is 4.98 Å². The molecule has 2 amide bonds. The van der Waals surface area contributed by atoms with Crippen molar-refractivity contribution in [1.82, 2.24) is 10.3 Å². The van der Waals surface area contributed by atoms with Crippen LogP contribution in [0.5, 0.6) is 5.75 Å². The number of rotatable bonds is 7. The van der Waals surface area contributed by atoms with Gasteiger partial charge in [0.25, 0.3) is 0 Å². The Bertz CT molecular complexity index is 905. The van der Waals surface area contributed by atoms with Crippen LogP contribution in [0.1, 0.15) is 24.3 Å². The molecule has 0 aliphatic carbocycles. The summed E-state index contributed by atoms with van der Waals surface area (Å²) in [6, 6.07) is 11.0. The first-order chi connectivity index (χ1) is 13.0. The van der Waals surface area contributed by atoms with Crippen LogP contribution in [0.15, 0.2) is 47.2 Å². The third-order valence-electron chi connectivity index (χ3n) is 3.79. The molecule has 6 nitrogen and oxygen atoms in total. The van der Waals surface area contributed by atoms with Crippen molar-refractivity contribution in [3.63, 3.8) is 0 Å². The van der Waals surface area contributed by atoms with E-state index in [4.69, 9.17) is 4.74 Å². The van der Waals surface area contributed by atoms with Crippen LogP contribution in [0, 0.1) is 0 Å². The second-order valence-electron chi connectivity index (χ2n) is 5.79. The van der Waals surface area contributed by atoms with Crippen molar-refractivity contribution >= 4 is 39.6 Å². The number of amides is 2. The zero-order valence-electron chi connectivity index (χ0n) is 14.9. The number of benzene rings is 1. The van der Waals surface area contributed by atoms with Crippen LogP contribution in [0.25, 0.3) is 11.3 Å². The summed E-state index contributed by atoms with van der Waals surface area (Å²) >= 11 is 2.87. The van der Waals surface area contributed by atoms with Gasteiger partial charge in [-0.3, -0.25) is 9.59 Å². The van der Waals surface area contributed by atoms with Crippen molar-refractivity contribution in [1.29, 1.82) is 0 Å². The molecule has 8 heteroatoms. The van der Waals surface area contributed by atoms with Gasteiger partial charge in [-0.1, -0.05) is 6.07 Å². The molecule has 0 aliphatic heterocycles. The molecule has 0 aliphatic rings. The Morgan fingerprint density at radius 1 is 1.19 bits per heavy atom. The first kappa shape index (κ1) is 19.1. The number of ether oxygens (including phenoxy) is 1. The molecule has 0 fully saturated rings. The van der Waals surface area contributed by atoms with E-state index in [9.17, 15) is 9.59 Å². The number of anilines is 1. The number of methoxy groups -OCH3 is 1. The van der Waals surface area contributed by atoms with Gasteiger partial charge in [-0.05, 0) is 35.7 Å². The fraction of sp³-hybridized carbons (Fsp3) is 0.211. The molecule has 27 heavy (non-hydrogen) atoms. The third-order valence-corrected chi connectivity index (χ3v) is 5.53. The molecule has 3 rings (SSSR count). The van der Waals surface area contributed by atoms with Crippen LogP contribution in [-0.4, -0.2) is 23.9 Å². The highest BCUT2D eigenvalue weighted by Gasteiger charge is 2.19. The largest absolute Gasteiger partial charge is 0.497 e. The fourth-order valence-corrected chi connectivity index (χ4v) is 4.05. The Morgan fingerprint density at radius 3 is 2.59 bits per heavy atom. The molecule has 3 aromatic rings. The van der Waals surface area contributed by atoms with Gasteiger partial charge in [-0.2, -0.15) is 0 Å². The minimum absolute atomic E-state index is 0.150. The van der Waals surface area contributed by atoms with Crippen LogP contribution in [-0.2, 0) is 9.59 Å². The third kappa shape index (κ3) is 5.15. The van der Waals surface area contributed by atoms with E-state index in [2.05, 4.69) is 15.6 Å². The van der Waals surface area contributed by atoms with E-state index in [1.165, 1.54) is 29.6 Å². The lowest BCUT2D eigenvalue weighted by molar-refractivity contribution is -0.120. The fourth-order valence-electron chi connectivity index (χ4n) is 2.54. The van der Waals surface area contributed by atoms with Gasteiger partial charge in [0.1, 0.15) is 5.75 Å². The molecule has 140 valence electrons. The molecule has 0 spiro atoms. The Morgan fingerprint density at radius 2 is 1.96 bits per heavy atom. The number of nitrogens with one attached hydrogen (secondary N) is 2. The molecule has 0 saturated heterocycles. The first-order valence-corrected chi connectivity index (χ1v) is 10.0. The van der Waals surface area contributed by atoms with Gasteiger partial charge >= 0.3 is 0 Å². The molecule has 2 N–H and O–H groups in total. The summed E-state index contributed by atoms with van der Waals surface area (Å²) < 4.78 is 5.15. The standard InChI is InChI=1S/C19H19N3O3S2/c1-12(23)20-15(17-4-3-9-26-17)10-18(24)22-19-21-16(11-27-19)13-5-7-14(25-2)8-6-13/h3-9,11,15H,10H2,1-2H3,(H,20,23)(H,21,22,24)/t15-/m0/s1. The van der Waals surface area contributed by atoms with Gasteiger partial charge < -0.3 is 15.4 Å².